The number of aromatic nitrogens is 1. The van der Waals surface area contributed by atoms with E-state index in [0.29, 0.717) is 30.7 Å². The number of fused-ring (bicyclic) bond motifs is 1. The zero-order valence-electron chi connectivity index (χ0n) is 16.6. The molecule has 28 heavy (non-hydrogen) atoms. The second kappa shape index (κ2) is 7.90. The van der Waals surface area contributed by atoms with Crippen molar-refractivity contribution in [2.24, 2.45) is 5.92 Å². The Morgan fingerprint density at radius 3 is 2.75 bits per heavy atom. The van der Waals surface area contributed by atoms with Crippen LogP contribution in [0.15, 0.2) is 30.5 Å². The molecule has 1 unspecified atom stereocenters. The summed E-state index contributed by atoms with van der Waals surface area (Å²) < 4.78 is 19.1. The van der Waals surface area contributed by atoms with Crippen molar-refractivity contribution in [3.05, 3.63) is 58.7 Å². The van der Waals surface area contributed by atoms with Gasteiger partial charge in [-0.1, -0.05) is 12.8 Å². The largest absolute Gasteiger partial charge is 0.461 e. The number of halogens is 1. The summed E-state index contributed by atoms with van der Waals surface area (Å²) in [6.07, 6.45) is 6.73. The molecule has 1 aromatic carbocycles. The Morgan fingerprint density at radius 1 is 1.25 bits per heavy atom. The molecule has 2 aromatic rings. The van der Waals surface area contributed by atoms with E-state index in [1.54, 1.807) is 19.1 Å². The average molecular weight is 382 g/mol. The summed E-state index contributed by atoms with van der Waals surface area (Å²) in [5.41, 5.74) is 4.57. The van der Waals surface area contributed by atoms with Gasteiger partial charge in [-0.3, -0.25) is 0 Å². The zero-order valence-corrected chi connectivity index (χ0v) is 16.6. The first-order chi connectivity index (χ1) is 13.5. The van der Waals surface area contributed by atoms with Crippen LogP contribution in [0.2, 0.25) is 0 Å². The lowest BCUT2D eigenvalue weighted by Gasteiger charge is -2.39. The number of carbonyl (C=O) groups is 1. The quantitative estimate of drug-likeness (QED) is 0.698. The Hall–Kier alpha value is -2.43. The molecular formula is C23H27FN2O2. The van der Waals surface area contributed by atoms with Gasteiger partial charge >= 0.3 is 5.97 Å². The maximum absolute atomic E-state index is 14.0. The summed E-state index contributed by atoms with van der Waals surface area (Å²) in [7, 11) is 0. The van der Waals surface area contributed by atoms with E-state index in [-0.39, 0.29) is 11.8 Å². The molecule has 4 rings (SSSR count). The molecule has 0 saturated heterocycles. The van der Waals surface area contributed by atoms with Crippen molar-refractivity contribution in [2.45, 2.75) is 52.0 Å². The summed E-state index contributed by atoms with van der Waals surface area (Å²) in [6.45, 7) is 5.59. The number of carbonyl (C=O) groups excluding carboxylic acids is 1. The lowest BCUT2D eigenvalue weighted by Crippen LogP contribution is -2.36. The lowest BCUT2D eigenvalue weighted by atomic mass is 9.80. The summed E-state index contributed by atoms with van der Waals surface area (Å²) in [5, 5.41) is 0. The minimum absolute atomic E-state index is 0.200. The summed E-state index contributed by atoms with van der Waals surface area (Å²) in [6, 6.07) is 7.15. The third-order valence-electron chi connectivity index (χ3n) is 6.05. The monoisotopic (exact) mass is 382 g/mol. The van der Waals surface area contributed by atoms with E-state index in [0.717, 1.165) is 23.4 Å². The average Bonchev–Trinajstić information content (AvgIpc) is 3.20. The smallest absolute Gasteiger partial charge is 0.356 e. The Morgan fingerprint density at radius 2 is 2.04 bits per heavy atom. The van der Waals surface area contributed by atoms with E-state index in [9.17, 15) is 9.18 Å². The Kier molecular flexibility index (Phi) is 5.33. The lowest BCUT2D eigenvalue weighted by molar-refractivity contribution is 0.0519. The molecule has 0 radical (unpaired) electrons. The predicted octanol–water partition coefficient (Wildman–Crippen LogP) is 5.00. The molecule has 5 heteroatoms. The van der Waals surface area contributed by atoms with Gasteiger partial charge in [-0.05, 0) is 73.6 Å². The van der Waals surface area contributed by atoms with E-state index in [1.165, 1.54) is 31.2 Å². The van der Waals surface area contributed by atoms with E-state index >= 15 is 0 Å². The van der Waals surface area contributed by atoms with Gasteiger partial charge in [0, 0.05) is 30.9 Å². The highest BCUT2D eigenvalue weighted by molar-refractivity contribution is 5.87. The van der Waals surface area contributed by atoms with Crippen molar-refractivity contribution in [1.29, 1.82) is 0 Å². The van der Waals surface area contributed by atoms with Gasteiger partial charge in [0.25, 0.3) is 0 Å². The fourth-order valence-electron chi connectivity index (χ4n) is 4.76. The van der Waals surface area contributed by atoms with E-state index < -0.39 is 0 Å². The standard InChI is InChI=1S/C23H27FN2O2/c1-3-28-23(27)22-11-20-17(12-25-22)13-26(14-21(20)16-6-4-5-7-16)19-9-15(2)8-18(24)10-19/h8-12,16,21H,3-7,13-14H2,1-2H3. The molecule has 0 N–H and O–H groups in total. The van der Waals surface area contributed by atoms with Gasteiger partial charge in [0.05, 0.1) is 6.61 Å². The number of hydrogen-bond donors (Lipinski definition) is 0. The molecule has 148 valence electrons. The van der Waals surface area contributed by atoms with Crippen LogP contribution in [0.5, 0.6) is 0 Å². The SMILES string of the molecule is CCOC(=O)c1cc2c(cn1)CN(c1cc(C)cc(F)c1)CC2C1CCCC1. The fraction of sp³-hybridized carbons (Fsp3) is 0.478. The van der Waals surface area contributed by atoms with Crippen molar-refractivity contribution in [3.63, 3.8) is 0 Å². The molecule has 0 amide bonds. The van der Waals surface area contributed by atoms with Gasteiger partial charge in [0.1, 0.15) is 11.5 Å². The van der Waals surface area contributed by atoms with Gasteiger partial charge in [0.2, 0.25) is 0 Å². The summed E-state index contributed by atoms with van der Waals surface area (Å²) in [4.78, 5) is 18.8. The molecule has 0 spiro atoms. The third kappa shape index (κ3) is 3.75. The van der Waals surface area contributed by atoms with E-state index in [4.69, 9.17) is 4.74 Å². The highest BCUT2D eigenvalue weighted by Gasteiger charge is 2.34. The van der Waals surface area contributed by atoms with Crippen molar-refractivity contribution in [3.8, 4) is 0 Å². The highest BCUT2D eigenvalue weighted by atomic mass is 19.1. The van der Waals surface area contributed by atoms with Gasteiger partial charge < -0.3 is 9.64 Å². The van der Waals surface area contributed by atoms with Gasteiger partial charge in [-0.25, -0.2) is 14.2 Å². The van der Waals surface area contributed by atoms with Gasteiger partial charge in [0.15, 0.2) is 0 Å². The minimum atomic E-state index is -0.362. The Balaban J connectivity index is 1.71. The molecule has 1 fully saturated rings. The molecule has 1 aliphatic heterocycles. The molecule has 2 aliphatic rings. The van der Waals surface area contributed by atoms with Crippen LogP contribution in [0.1, 0.15) is 65.7 Å². The van der Waals surface area contributed by atoms with Crippen LogP contribution in [0.25, 0.3) is 0 Å². The summed E-state index contributed by atoms with van der Waals surface area (Å²) in [5.74, 6) is 0.354. The number of ether oxygens (including phenoxy) is 1. The molecule has 4 nitrogen and oxygen atoms in total. The molecule has 1 atom stereocenters. The van der Waals surface area contributed by atoms with E-state index in [1.807, 2.05) is 25.3 Å². The third-order valence-corrected chi connectivity index (χ3v) is 6.05. The molecule has 2 heterocycles. The first-order valence-corrected chi connectivity index (χ1v) is 10.2. The fourth-order valence-corrected chi connectivity index (χ4v) is 4.76. The molecule has 1 saturated carbocycles. The molecular weight excluding hydrogens is 355 g/mol. The molecule has 0 bridgehead atoms. The minimum Gasteiger partial charge on any atom is -0.461 e. The van der Waals surface area contributed by atoms with Crippen LogP contribution in [0, 0.1) is 18.7 Å². The first-order valence-electron chi connectivity index (χ1n) is 10.2. The second-order valence-electron chi connectivity index (χ2n) is 8.01. The second-order valence-corrected chi connectivity index (χ2v) is 8.01. The summed E-state index contributed by atoms with van der Waals surface area (Å²) >= 11 is 0. The number of rotatable bonds is 4. The Bertz CT molecular complexity index is 857. The van der Waals surface area contributed by atoms with Crippen molar-refractivity contribution < 1.29 is 13.9 Å². The van der Waals surface area contributed by atoms with Crippen LogP contribution in [0.3, 0.4) is 0 Å². The van der Waals surface area contributed by atoms with Crippen LogP contribution in [-0.2, 0) is 11.3 Å². The zero-order chi connectivity index (χ0) is 19.7. The topological polar surface area (TPSA) is 42.4 Å². The highest BCUT2D eigenvalue weighted by Crippen LogP contribution is 2.42. The van der Waals surface area contributed by atoms with Crippen molar-refractivity contribution in [1.82, 2.24) is 4.98 Å². The maximum Gasteiger partial charge on any atom is 0.356 e. The number of esters is 1. The number of hydrogen-bond acceptors (Lipinski definition) is 4. The maximum atomic E-state index is 14.0. The molecule has 1 aromatic heterocycles. The number of aryl methyl sites for hydroxylation is 1. The number of anilines is 1. The first kappa shape index (κ1) is 18.9. The number of benzene rings is 1. The van der Waals surface area contributed by atoms with Crippen molar-refractivity contribution in [2.75, 3.05) is 18.1 Å². The van der Waals surface area contributed by atoms with Gasteiger partial charge in [-0.15, -0.1) is 0 Å². The van der Waals surface area contributed by atoms with E-state index in [2.05, 4.69) is 9.88 Å². The number of pyridine rings is 1. The normalized spacial score (nSPS) is 19.5. The van der Waals surface area contributed by atoms with Gasteiger partial charge in [-0.2, -0.15) is 0 Å². The van der Waals surface area contributed by atoms with Crippen molar-refractivity contribution >= 4 is 11.7 Å². The van der Waals surface area contributed by atoms with Crippen LogP contribution in [-0.4, -0.2) is 24.1 Å². The Labute approximate surface area is 165 Å². The predicted molar refractivity (Wildman–Crippen MR) is 107 cm³/mol. The van der Waals surface area contributed by atoms with Crippen LogP contribution in [0.4, 0.5) is 10.1 Å². The molecule has 1 aliphatic carbocycles. The number of nitrogens with zero attached hydrogens (tertiary/aromatic N) is 2. The van der Waals surface area contributed by atoms with Crippen LogP contribution < -0.4 is 4.90 Å². The van der Waals surface area contributed by atoms with Crippen LogP contribution >= 0.6 is 0 Å².